The second-order valence-electron chi connectivity index (χ2n) is 22.5. The van der Waals surface area contributed by atoms with Crippen LogP contribution in [0, 0.1) is 47.3 Å². The quantitative estimate of drug-likeness (QED) is 0.167. The molecule has 0 N–H and O–H groups in total. The molecule has 5 unspecified atom stereocenters. The first-order chi connectivity index (χ1) is 32.4. The summed E-state index contributed by atoms with van der Waals surface area (Å²) in [4.78, 5) is 16.3. The molecule has 1 aliphatic heterocycles. The second kappa shape index (κ2) is 13.6. The number of hydrogen-bond acceptors (Lipinski definition) is 4. The summed E-state index contributed by atoms with van der Waals surface area (Å²) < 4.78 is 6.62. The van der Waals surface area contributed by atoms with E-state index in [0.29, 0.717) is 5.41 Å². The summed E-state index contributed by atoms with van der Waals surface area (Å²) in [6.07, 6.45) is 13.8. The van der Waals surface area contributed by atoms with Gasteiger partial charge >= 0.3 is 0 Å². The lowest BCUT2D eigenvalue weighted by molar-refractivity contribution is 0.0209. The zero-order chi connectivity index (χ0) is 43.5. The number of para-hydroxylation sites is 2. The van der Waals surface area contributed by atoms with E-state index in [2.05, 4.69) is 153 Å². The van der Waals surface area contributed by atoms with E-state index in [-0.39, 0.29) is 5.41 Å². The number of fused-ring (bicyclic) bond motifs is 11. The third-order valence-corrected chi connectivity index (χ3v) is 19.9. The topological polar surface area (TPSA) is 47.9 Å². The Hall–Kier alpha value is -5.87. The van der Waals surface area contributed by atoms with E-state index in [9.17, 15) is 0 Å². The molecule has 326 valence electrons. The van der Waals surface area contributed by atoms with Crippen molar-refractivity contribution < 1.29 is 4.74 Å². The molecule has 4 nitrogen and oxygen atoms in total. The first-order valence-corrected chi connectivity index (χ1v) is 25.5. The first-order valence-electron chi connectivity index (χ1n) is 25.5. The fourth-order valence-electron chi connectivity index (χ4n) is 17.3. The number of benzene rings is 6. The Labute approximate surface area is 389 Å². The van der Waals surface area contributed by atoms with Gasteiger partial charge in [-0.3, -0.25) is 0 Å². The molecule has 4 heteroatoms. The van der Waals surface area contributed by atoms with Gasteiger partial charge in [-0.15, -0.1) is 0 Å². The highest BCUT2D eigenvalue weighted by Crippen LogP contribution is 2.74. The molecule has 66 heavy (non-hydrogen) atoms. The Bertz CT molecular complexity index is 3080. The Morgan fingerprint density at radius 3 is 1.86 bits per heavy atom. The SMILES string of the molecule is CCC1(c2cccc(-c3nc(-c4ccc(C56CC7C[C@@H]8C[C@@H](C[C@@H]7C85)C6)cc4)nc(-c4ccc5c(c4)-c4ccccc4C54c5ccccc5Oc5ccccc54)n3)c2)CC2CC[C@H](C1)[C@@H]2C. The molecular weight excluding hydrogens is 803 g/mol. The molecule has 1 aromatic heterocycles. The van der Waals surface area contributed by atoms with Crippen molar-refractivity contribution in [2.75, 3.05) is 0 Å². The molecule has 9 aliphatic rings. The third-order valence-electron chi connectivity index (χ3n) is 19.9. The summed E-state index contributed by atoms with van der Waals surface area (Å²) in [7, 11) is 0. The van der Waals surface area contributed by atoms with Crippen molar-refractivity contribution in [3.05, 3.63) is 173 Å². The summed E-state index contributed by atoms with van der Waals surface area (Å²) in [5.41, 5.74) is 13.6. The van der Waals surface area contributed by atoms with Crippen molar-refractivity contribution >= 4 is 0 Å². The number of nitrogens with zero attached hydrogens (tertiary/aromatic N) is 3. The van der Waals surface area contributed by atoms with Crippen LogP contribution >= 0.6 is 0 Å². The molecule has 7 aromatic rings. The zero-order valence-corrected chi connectivity index (χ0v) is 38.2. The van der Waals surface area contributed by atoms with Gasteiger partial charge in [0, 0.05) is 27.8 Å². The average molecular weight is 860 g/mol. The fraction of sp³-hybridized carbons (Fsp3) is 0.371. The lowest BCUT2D eigenvalue weighted by Gasteiger charge is -2.53. The van der Waals surface area contributed by atoms with Crippen LogP contribution in [-0.2, 0) is 16.2 Å². The summed E-state index contributed by atoms with van der Waals surface area (Å²) in [5, 5.41) is 0. The fourth-order valence-corrected chi connectivity index (χ4v) is 17.3. The molecule has 10 atom stereocenters. The molecule has 0 amide bonds. The van der Waals surface area contributed by atoms with E-state index in [0.717, 1.165) is 93.0 Å². The van der Waals surface area contributed by atoms with E-state index >= 15 is 0 Å². The van der Waals surface area contributed by atoms with Crippen LogP contribution in [0.4, 0.5) is 0 Å². The molecule has 6 aromatic carbocycles. The number of ether oxygens (including phenoxy) is 1. The molecule has 7 fully saturated rings. The van der Waals surface area contributed by atoms with Gasteiger partial charge in [0.2, 0.25) is 0 Å². The smallest absolute Gasteiger partial charge is 0.164 e. The molecule has 7 saturated carbocycles. The summed E-state index contributed by atoms with van der Waals surface area (Å²) in [5.74, 6) is 11.2. The standard InChI is InChI=1S/C62H57N3O/c1-3-60(33-41-19-20-42(34-60)36(41)2)46-12-10-11-39(30-46)58-63-57(38-21-24-45(25-22-38)61-32-37-27-43-29-44(35-61)48(28-37)56(43)61)64-59(65-58)40-23-26-51-49(31-40)47-13-4-5-14-50(47)62(51)52-15-6-8-17-54(52)66-55-18-9-7-16-53(55)62/h4-18,21-26,30-31,36-37,41-44,48,56H,3,19-20,27-29,32-35H2,1-2H3/t36-,37-,41+,42?,43-,44?,48-,56?,60?,61?/m0/s1. The highest BCUT2D eigenvalue weighted by Gasteiger charge is 2.67. The lowest BCUT2D eigenvalue weighted by Crippen LogP contribution is -2.48. The van der Waals surface area contributed by atoms with Crippen LogP contribution in [0.15, 0.2) is 140 Å². The van der Waals surface area contributed by atoms with Crippen molar-refractivity contribution in [2.24, 2.45) is 47.3 Å². The highest BCUT2D eigenvalue weighted by atomic mass is 16.5. The van der Waals surface area contributed by atoms with Crippen LogP contribution in [0.1, 0.15) is 111 Å². The second-order valence-corrected chi connectivity index (χ2v) is 22.5. The largest absolute Gasteiger partial charge is 0.457 e. The van der Waals surface area contributed by atoms with Crippen molar-refractivity contribution in [3.63, 3.8) is 0 Å². The highest BCUT2D eigenvalue weighted by molar-refractivity contribution is 5.90. The number of aromatic nitrogens is 3. The Morgan fingerprint density at radius 2 is 1.15 bits per heavy atom. The minimum Gasteiger partial charge on any atom is -0.457 e. The van der Waals surface area contributed by atoms with Crippen molar-refractivity contribution in [2.45, 2.75) is 94.3 Å². The molecule has 2 heterocycles. The average Bonchev–Trinajstić information content (AvgIpc) is 3.96. The molecular formula is C62H57N3O. The van der Waals surface area contributed by atoms with E-state index in [1.54, 1.807) is 5.56 Å². The molecule has 8 bridgehead atoms. The van der Waals surface area contributed by atoms with Crippen LogP contribution in [0.25, 0.3) is 45.3 Å². The van der Waals surface area contributed by atoms with E-state index < -0.39 is 5.41 Å². The Kier molecular flexibility index (Phi) is 7.89. The van der Waals surface area contributed by atoms with Gasteiger partial charge in [0.05, 0.1) is 5.41 Å². The number of hydrogen-bond donors (Lipinski definition) is 0. The Balaban J connectivity index is 0.883. The van der Waals surface area contributed by atoms with Crippen LogP contribution in [-0.4, -0.2) is 15.0 Å². The van der Waals surface area contributed by atoms with E-state index in [1.165, 1.54) is 103 Å². The van der Waals surface area contributed by atoms with Crippen molar-refractivity contribution in [1.29, 1.82) is 0 Å². The first kappa shape index (κ1) is 38.3. The van der Waals surface area contributed by atoms with Gasteiger partial charge in [0.1, 0.15) is 11.5 Å². The summed E-state index contributed by atoms with van der Waals surface area (Å²) in [6.45, 7) is 4.94. The van der Waals surface area contributed by atoms with Crippen molar-refractivity contribution in [1.82, 2.24) is 15.0 Å². The van der Waals surface area contributed by atoms with E-state index in [1.807, 2.05) is 0 Å². The monoisotopic (exact) mass is 859 g/mol. The molecule has 1 spiro atoms. The predicted octanol–water partition coefficient (Wildman–Crippen LogP) is 14.8. The zero-order valence-electron chi connectivity index (χ0n) is 38.2. The maximum absolute atomic E-state index is 6.62. The van der Waals surface area contributed by atoms with Crippen LogP contribution in [0.2, 0.25) is 0 Å². The van der Waals surface area contributed by atoms with Crippen LogP contribution in [0.3, 0.4) is 0 Å². The lowest BCUT2D eigenvalue weighted by atomic mass is 9.51. The van der Waals surface area contributed by atoms with Gasteiger partial charge < -0.3 is 4.74 Å². The minimum atomic E-state index is -0.518. The summed E-state index contributed by atoms with van der Waals surface area (Å²) >= 11 is 0. The summed E-state index contributed by atoms with van der Waals surface area (Å²) in [6, 6.07) is 52.1. The molecule has 0 radical (unpaired) electrons. The van der Waals surface area contributed by atoms with Crippen molar-refractivity contribution in [3.8, 4) is 56.8 Å². The Morgan fingerprint density at radius 1 is 0.515 bits per heavy atom. The normalized spacial score (nSPS) is 31.7. The molecule has 8 aliphatic carbocycles. The van der Waals surface area contributed by atoms with Gasteiger partial charge in [0.15, 0.2) is 17.5 Å². The number of rotatable bonds is 6. The van der Waals surface area contributed by atoms with Gasteiger partial charge in [-0.1, -0.05) is 129 Å². The maximum Gasteiger partial charge on any atom is 0.164 e. The van der Waals surface area contributed by atoms with Crippen LogP contribution in [0.5, 0.6) is 11.5 Å². The van der Waals surface area contributed by atoms with Gasteiger partial charge in [-0.2, -0.15) is 0 Å². The molecule has 16 rings (SSSR count). The van der Waals surface area contributed by atoms with Gasteiger partial charge in [-0.25, -0.2) is 15.0 Å². The van der Waals surface area contributed by atoms with Gasteiger partial charge in [-0.05, 0) is 180 Å². The molecule has 0 saturated heterocycles. The van der Waals surface area contributed by atoms with Crippen LogP contribution < -0.4 is 4.74 Å². The minimum absolute atomic E-state index is 0.200. The van der Waals surface area contributed by atoms with E-state index in [4.69, 9.17) is 19.7 Å². The maximum atomic E-state index is 6.62. The third kappa shape index (κ3) is 5.03. The van der Waals surface area contributed by atoms with Gasteiger partial charge in [0.25, 0.3) is 0 Å². The predicted molar refractivity (Wildman–Crippen MR) is 262 cm³/mol.